The van der Waals surface area contributed by atoms with Crippen LogP contribution < -0.4 is 9.88 Å². The zero-order valence-corrected chi connectivity index (χ0v) is 12.8. The third kappa shape index (κ3) is 4.75. The Balaban J connectivity index is 2.63. The minimum absolute atomic E-state index is 0.124. The second kappa shape index (κ2) is 7.58. The van der Waals surface area contributed by atoms with Gasteiger partial charge < -0.3 is 14.2 Å². The first-order valence-corrected chi connectivity index (χ1v) is 7.75. The maximum absolute atomic E-state index is 11.4. The molecule has 0 spiro atoms. The Morgan fingerprint density at radius 1 is 1.05 bits per heavy atom. The van der Waals surface area contributed by atoms with Crippen LogP contribution in [0.3, 0.4) is 0 Å². The van der Waals surface area contributed by atoms with Crippen LogP contribution in [0, 0.1) is 13.8 Å². The Morgan fingerprint density at radius 2 is 1.70 bits per heavy atom. The van der Waals surface area contributed by atoms with E-state index in [1.54, 1.807) is 27.0 Å². The van der Waals surface area contributed by atoms with E-state index in [-0.39, 0.29) is 4.90 Å². The summed E-state index contributed by atoms with van der Waals surface area (Å²) in [4.78, 5) is 0.124. The van der Waals surface area contributed by atoms with Gasteiger partial charge in [-0.05, 0) is 37.1 Å². The maximum atomic E-state index is 11.4. The molecule has 2 N–H and O–H groups in total. The number of rotatable bonds is 8. The van der Waals surface area contributed by atoms with Gasteiger partial charge in [0.05, 0.1) is 24.7 Å². The number of benzene rings is 1. The van der Waals surface area contributed by atoms with E-state index < -0.39 is 10.0 Å². The van der Waals surface area contributed by atoms with E-state index in [9.17, 15) is 8.42 Å². The molecule has 0 saturated carbocycles. The van der Waals surface area contributed by atoms with Crippen LogP contribution in [0.15, 0.2) is 17.0 Å². The summed E-state index contributed by atoms with van der Waals surface area (Å²) in [6.45, 7) is 5.39. The number of methoxy groups -OCH3 is 1. The number of nitrogens with two attached hydrogens (primary N) is 1. The van der Waals surface area contributed by atoms with Crippen LogP contribution in [0.2, 0.25) is 0 Å². The molecule has 6 nitrogen and oxygen atoms in total. The van der Waals surface area contributed by atoms with Crippen molar-refractivity contribution in [3.63, 3.8) is 0 Å². The van der Waals surface area contributed by atoms with Gasteiger partial charge in [-0.2, -0.15) is 0 Å². The Hall–Kier alpha value is -1.15. The zero-order chi connectivity index (χ0) is 15.2. The summed E-state index contributed by atoms with van der Waals surface area (Å²) in [6.07, 6.45) is 0. The van der Waals surface area contributed by atoms with E-state index in [1.165, 1.54) is 6.07 Å². The lowest BCUT2D eigenvalue weighted by Crippen LogP contribution is -2.15. The highest BCUT2D eigenvalue weighted by Gasteiger charge is 2.15. The van der Waals surface area contributed by atoms with Gasteiger partial charge in [0.1, 0.15) is 12.4 Å². The lowest BCUT2D eigenvalue weighted by Gasteiger charge is -2.13. The van der Waals surface area contributed by atoms with Crippen molar-refractivity contribution in [2.45, 2.75) is 18.7 Å². The second-order valence-electron chi connectivity index (χ2n) is 4.31. The average molecular weight is 303 g/mol. The van der Waals surface area contributed by atoms with Gasteiger partial charge in [-0.15, -0.1) is 0 Å². The fourth-order valence-corrected chi connectivity index (χ4v) is 2.53. The molecule has 0 aliphatic carbocycles. The van der Waals surface area contributed by atoms with Gasteiger partial charge in [0.15, 0.2) is 0 Å². The van der Waals surface area contributed by atoms with Crippen LogP contribution in [0.5, 0.6) is 5.75 Å². The maximum Gasteiger partial charge on any atom is 0.238 e. The Bertz CT molecular complexity index is 542. The number of sulfonamides is 1. The zero-order valence-electron chi connectivity index (χ0n) is 12.0. The van der Waals surface area contributed by atoms with Crippen LogP contribution in [0.1, 0.15) is 11.1 Å². The number of hydrogen-bond donors (Lipinski definition) is 1. The molecular weight excluding hydrogens is 282 g/mol. The highest BCUT2D eigenvalue weighted by Crippen LogP contribution is 2.26. The van der Waals surface area contributed by atoms with Crippen molar-refractivity contribution < 1.29 is 22.6 Å². The fourth-order valence-electron chi connectivity index (χ4n) is 1.69. The minimum atomic E-state index is -3.70. The van der Waals surface area contributed by atoms with Gasteiger partial charge in [-0.25, -0.2) is 13.6 Å². The van der Waals surface area contributed by atoms with E-state index in [2.05, 4.69) is 0 Å². The molecule has 20 heavy (non-hydrogen) atoms. The quantitative estimate of drug-likeness (QED) is 0.724. The van der Waals surface area contributed by atoms with Gasteiger partial charge in [0.2, 0.25) is 10.0 Å². The Morgan fingerprint density at radius 3 is 2.30 bits per heavy atom. The summed E-state index contributed by atoms with van der Waals surface area (Å²) in [6, 6.07) is 3.07. The molecular formula is C13H21NO5S. The highest BCUT2D eigenvalue weighted by molar-refractivity contribution is 7.89. The summed E-state index contributed by atoms with van der Waals surface area (Å²) < 4.78 is 38.5. The molecule has 114 valence electrons. The van der Waals surface area contributed by atoms with Crippen molar-refractivity contribution in [2.24, 2.45) is 5.14 Å². The first-order chi connectivity index (χ1) is 9.38. The van der Waals surface area contributed by atoms with Crippen molar-refractivity contribution in [1.82, 2.24) is 0 Å². The summed E-state index contributed by atoms with van der Waals surface area (Å²) >= 11 is 0. The lowest BCUT2D eigenvalue weighted by atomic mass is 10.1. The predicted octanol–water partition coefficient (Wildman–Crippen LogP) is 0.993. The summed E-state index contributed by atoms with van der Waals surface area (Å²) in [5.41, 5.74) is 1.36. The second-order valence-corrected chi connectivity index (χ2v) is 5.84. The molecule has 1 aromatic rings. The van der Waals surface area contributed by atoms with Crippen molar-refractivity contribution in [3.05, 3.63) is 23.3 Å². The lowest BCUT2D eigenvalue weighted by molar-refractivity contribution is 0.0543. The molecule has 0 bridgehead atoms. The van der Waals surface area contributed by atoms with Gasteiger partial charge in [-0.1, -0.05) is 0 Å². The Kier molecular flexibility index (Phi) is 6.41. The van der Waals surface area contributed by atoms with Crippen LogP contribution in [0.4, 0.5) is 0 Å². The normalized spacial score (nSPS) is 11.6. The molecule has 0 unspecified atom stereocenters. The van der Waals surface area contributed by atoms with Gasteiger partial charge in [-0.3, -0.25) is 0 Å². The average Bonchev–Trinajstić information content (AvgIpc) is 2.37. The minimum Gasteiger partial charge on any atom is -0.491 e. The van der Waals surface area contributed by atoms with Crippen molar-refractivity contribution in [3.8, 4) is 5.75 Å². The third-order valence-electron chi connectivity index (χ3n) is 2.91. The largest absolute Gasteiger partial charge is 0.491 e. The van der Waals surface area contributed by atoms with E-state index >= 15 is 0 Å². The van der Waals surface area contributed by atoms with Crippen LogP contribution >= 0.6 is 0 Å². The molecule has 0 aliphatic heterocycles. The van der Waals surface area contributed by atoms with Crippen molar-refractivity contribution in [1.29, 1.82) is 0 Å². The van der Waals surface area contributed by atoms with Gasteiger partial charge in [0, 0.05) is 7.11 Å². The number of primary sulfonamides is 1. The van der Waals surface area contributed by atoms with Crippen molar-refractivity contribution >= 4 is 10.0 Å². The molecule has 0 heterocycles. The molecule has 0 amide bonds. The SMILES string of the molecule is COCCOCCOc1ccc(S(N)(=O)=O)c(C)c1C. The summed E-state index contributed by atoms with van der Waals surface area (Å²) in [5.74, 6) is 0.630. The standard InChI is InChI=1S/C13H21NO5S/c1-10-11(2)13(20(14,15)16)5-4-12(10)19-9-8-18-7-6-17-3/h4-5H,6-9H2,1-3H3,(H2,14,15,16). The van der Waals surface area contributed by atoms with E-state index in [1.807, 2.05) is 0 Å². The number of ether oxygens (including phenoxy) is 3. The molecule has 1 aromatic carbocycles. The topological polar surface area (TPSA) is 87.8 Å². The van der Waals surface area contributed by atoms with E-state index in [0.717, 1.165) is 5.56 Å². The van der Waals surface area contributed by atoms with E-state index in [0.29, 0.717) is 37.7 Å². The molecule has 0 fully saturated rings. The number of hydrogen-bond acceptors (Lipinski definition) is 5. The summed E-state index contributed by atoms with van der Waals surface area (Å²) in [5, 5.41) is 5.14. The highest BCUT2D eigenvalue weighted by atomic mass is 32.2. The van der Waals surface area contributed by atoms with Gasteiger partial charge >= 0.3 is 0 Å². The molecule has 0 radical (unpaired) electrons. The third-order valence-corrected chi connectivity index (χ3v) is 3.97. The van der Waals surface area contributed by atoms with Crippen LogP contribution in [0.25, 0.3) is 0 Å². The molecule has 0 saturated heterocycles. The van der Waals surface area contributed by atoms with Crippen LogP contribution in [-0.2, 0) is 19.5 Å². The summed E-state index contributed by atoms with van der Waals surface area (Å²) in [7, 11) is -2.09. The first kappa shape index (κ1) is 16.9. The first-order valence-electron chi connectivity index (χ1n) is 6.20. The molecule has 0 aromatic heterocycles. The predicted molar refractivity (Wildman–Crippen MR) is 75.5 cm³/mol. The fraction of sp³-hybridized carbons (Fsp3) is 0.538. The Labute approximate surface area is 119 Å². The molecule has 0 aliphatic rings. The molecule has 1 rings (SSSR count). The molecule has 0 atom stereocenters. The smallest absolute Gasteiger partial charge is 0.238 e. The van der Waals surface area contributed by atoms with Crippen LogP contribution in [-0.4, -0.2) is 42.0 Å². The van der Waals surface area contributed by atoms with Crippen molar-refractivity contribution in [2.75, 3.05) is 33.5 Å². The van der Waals surface area contributed by atoms with E-state index in [4.69, 9.17) is 19.3 Å². The monoisotopic (exact) mass is 303 g/mol. The van der Waals surface area contributed by atoms with Gasteiger partial charge in [0.25, 0.3) is 0 Å². The molecule has 7 heteroatoms.